The van der Waals surface area contributed by atoms with Gasteiger partial charge in [-0.25, -0.2) is 4.98 Å². The van der Waals surface area contributed by atoms with Gasteiger partial charge in [-0.2, -0.15) is 15.4 Å². The van der Waals surface area contributed by atoms with Crippen molar-refractivity contribution in [1.29, 1.82) is 0 Å². The second-order valence-corrected chi connectivity index (χ2v) is 5.74. The van der Waals surface area contributed by atoms with Gasteiger partial charge >= 0.3 is 0 Å². The molecule has 7 nitrogen and oxygen atoms in total. The Morgan fingerprint density at radius 3 is 2.68 bits per heavy atom. The number of imidazole rings is 1. The monoisotopic (exact) mass is 332 g/mol. The van der Waals surface area contributed by atoms with Crippen molar-refractivity contribution < 1.29 is 4.79 Å². The van der Waals surface area contributed by atoms with Crippen molar-refractivity contribution >= 4 is 16.9 Å². The number of aromatic amines is 1. The molecule has 0 aliphatic heterocycles. The van der Waals surface area contributed by atoms with Crippen molar-refractivity contribution in [2.24, 2.45) is 7.05 Å². The average Bonchev–Trinajstić information content (AvgIpc) is 3.28. The van der Waals surface area contributed by atoms with Gasteiger partial charge in [-0.15, -0.1) is 0 Å². The number of fused-ring (bicyclic) bond motifs is 1. The van der Waals surface area contributed by atoms with Gasteiger partial charge in [0.25, 0.3) is 5.91 Å². The quantitative estimate of drug-likeness (QED) is 0.600. The third-order valence-corrected chi connectivity index (χ3v) is 4.10. The Balaban J connectivity index is 1.68. The van der Waals surface area contributed by atoms with E-state index in [4.69, 9.17) is 0 Å². The van der Waals surface area contributed by atoms with Crippen molar-refractivity contribution in [1.82, 2.24) is 30.3 Å². The van der Waals surface area contributed by atoms with Crippen molar-refractivity contribution in [3.8, 4) is 0 Å². The molecular formula is C18H16N6O. The zero-order valence-corrected chi connectivity index (χ0v) is 13.5. The van der Waals surface area contributed by atoms with E-state index in [1.54, 1.807) is 24.4 Å². The predicted octanol–water partition coefficient (Wildman–Crippen LogP) is 2.21. The van der Waals surface area contributed by atoms with E-state index in [0.717, 1.165) is 16.9 Å². The lowest BCUT2D eigenvalue weighted by Gasteiger charge is -2.19. The van der Waals surface area contributed by atoms with Crippen LogP contribution in [0.1, 0.15) is 27.8 Å². The Bertz CT molecular complexity index is 1020. The molecule has 4 aromatic rings. The molecule has 0 saturated carbocycles. The normalized spacial score (nSPS) is 12.2. The van der Waals surface area contributed by atoms with Crippen LogP contribution < -0.4 is 5.32 Å². The lowest BCUT2D eigenvalue weighted by Crippen LogP contribution is -2.31. The molecule has 25 heavy (non-hydrogen) atoms. The van der Waals surface area contributed by atoms with Crippen LogP contribution in [0.4, 0.5) is 0 Å². The highest BCUT2D eigenvalue weighted by Crippen LogP contribution is 2.21. The fourth-order valence-electron chi connectivity index (χ4n) is 2.79. The Kier molecular flexibility index (Phi) is 3.74. The van der Waals surface area contributed by atoms with E-state index in [1.165, 1.54) is 0 Å². The van der Waals surface area contributed by atoms with Crippen molar-refractivity contribution in [2.75, 3.05) is 0 Å². The van der Waals surface area contributed by atoms with E-state index in [0.29, 0.717) is 11.1 Å². The van der Waals surface area contributed by atoms with E-state index >= 15 is 0 Å². The van der Waals surface area contributed by atoms with Crippen molar-refractivity contribution in [3.63, 3.8) is 0 Å². The first kappa shape index (κ1) is 15.1. The van der Waals surface area contributed by atoms with E-state index in [9.17, 15) is 4.79 Å². The van der Waals surface area contributed by atoms with Crippen LogP contribution in [0.15, 0.2) is 60.9 Å². The van der Waals surface area contributed by atoms with Crippen LogP contribution in [-0.4, -0.2) is 30.9 Å². The van der Waals surface area contributed by atoms with Crippen molar-refractivity contribution in [2.45, 2.75) is 6.04 Å². The molecule has 1 atom stereocenters. The molecule has 0 fully saturated rings. The van der Waals surface area contributed by atoms with Gasteiger partial charge in [0.05, 0.1) is 0 Å². The molecular weight excluding hydrogens is 316 g/mol. The van der Waals surface area contributed by atoms with E-state index in [2.05, 4.69) is 25.7 Å². The molecule has 0 saturated heterocycles. The third kappa shape index (κ3) is 2.87. The van der Waals surface area contributed by atoms with Crippen LogP contribution >= 0.6 is 0 Å². The van der Waals surface area contributed by atoms with Gasteiger partial charge < -0.3 is 9.88 Å². The van der Waals surface area contributed by atoms with Gasteiger partial charge in [0.2, 0.25) is 0 Å². The fourth-order valence-corrected chi connectivity index (χ4v) is 2.79. The highest BCUT2D eigenvalue weighted by atomic mass is 16.1. The Hall–Kier alpha value is -3.48. The van der Waals surface area contributed by atoms with Gasteiger partial charge in [0.1, 0.15) is 22.9 Å². The molecule has 2 heterocycles. The first-order valence-electron chi connectivity index (χ1n) is 7.86. The number of carbonyl (C=O) groups excluding carboxylic acids is 1. The minimum absolute atomic E-state index is 0.193. The standard InChI is InChI=1S/C18H16N6O/c1-24-10-9-19-17(24)16(12-5-3-2-4-6-12)20-18(25)13-7-8-14-15(11-13)22-23-21-14/h2-11,16H,1H3,(H,20,25)(H,21,22,23)/t16-/m0/s1. The number of nitrogens with one attached hydrogen (secondary N) is 2. The number of hydrogen-bond donors (Lipinski definition) is 2. The number of nitrogens with zero attached hydrogens (tertiary/aromatic N) is 4. The maximum atomic E-state index is 12.8. The van der Waals surface area contributed by atoms with E-state index < -0.39 is 0 Å². The summed E-state index contributed by atoms with van der Waals surface area (Å²) in [5.41, 5.74) is 2.87. The molecule has 1 amide bonds. The molecule has 2 aromatic carbocycles. The van der Waals surface area contributed by atoms with Gasteiger partial charge in [-0.3, -0.25) is 4.79 Å². The molecule has 0 bridgehead atoms. The number of carbonyl (C=O) groups is 1. The summed E-state index contributed by atoms with van der Waals surface area (Å²) >= 11 is 0. The Labute approximate surface area is 143 Å². The number of H-pyrrole nitrogens is 1. The largest absolute Gasteiger partial charge is 0.338 e. The first-order valence-corrected chi connectivity index (χ1v) is 7.86. The van der Waals surface area contributed by atoms with Gasteiger partial charge in [0.15, 0.2) is 0 Å². The molecule has 124 valence electrons. The van der Waals surface area contributed by atoms with E-state index in [1.807, 2.05) is 48.1 Å². The molecule has 0 radical (unpaired) electrons. The highest BCUT2D eigenvalue weighted by molar-refractivity contribution is 5.97. The maximum absolute atomic E-state index is 12.8. The second kappa shape index (κ2) is 6.20. The predicted molar refractivity (Wildman–Crippen MR) is 92.8 cm³/mol. The number of benzene rings is 2. The van der Waals surface area contributed by atoms with Crippen LogP contribution in [0, 0.1) is 0 Å². The Morgan fingerprint density at radius 2 is 1.92 bits per heavy atom. The number of aromatic nitrogens is 5. The zero-order valence-electron chi connectivity index (χ0n) is 13.5. The molecule has 0 aliphatic carbocycles. The number of rotatable bonds is 4. The van der Waals surface area contributed by atoms with Gasteiger partial charge in [-0.05, 0) is 23.8 Å². The van der Waals surface area contributed by atoms with Gasteiger partial charge in [0, 0.05) is 25.0 Å². The summed E-state index contributed by atoms with van der Waals surface area (Å²) in [6.45, 7) is 0. The van der Waals surface area contributed by atoms with Crippen LogP contribution in [0.25, 0.3) is 11.0 Å². The van der Waals surface area contributed by atoms with Crippen LogP contribution in [-0.2, 0) is 7.05 Å². The number of hydrogen-bond acceptors (Lipinski definition) is 4. The highest BCUT2D eigenvalue weighted by Gasteiger charge is 2.21. The summed E-state index contributed by atoms with van der Waals surface area (Å²) < 4.78 is 1.90. The second-order valence-electron chi connectivity index (χ2n) is 5.74. The average molecular weight is 332 g/mol. The molecule has 7 heteroatoms. The molecule has 0 spiro atoms. The summed E-state index contributed by atoms with van der Waals surface area (Å²) in [7, 11) is 1.91. The summed E-state index contributed by atoms with van der Waals surface area (Å²) in [6.07, 6.45) is 3.58. The van der Waals surface area contributed by atoms with Crippen LogP contribution in [0.5, 0.6) is 0 Å². The molecule has 4 rings (SSSR count). The molecule has 0 aliphatic rings. The summed E-state index contributed by atoms with van der Waals surface area (Å²) in [6, 6.07) is 14.7. The van der Waals surface area contributed by atoms with E-state index in [-0.39, 0.29) is 11.9 Å². The third-order valence-electron chi connectivity index (χ3n) is 4.10. The lowest BCUT2D eigenvalue weighted by atomic mass is 10.1. The molecule has 2 aromatic heterocycles. The van der Waals surface area contributed by atoms with Crippen LogP contribution in [0.2, 0.25) is 0 Å². The smallest absolute Gasteiger partial charge is 0.252 e. The maximum Gasteiger partial charge on any atom is 0.252 e. The Morgan fingerprint density at radius 1 is 1.12 bits per heavy atom. The number of amides is 1. The molecule has 2 N–H and O–H groups in total. The molecule has 0 unspecified atom stereocenters. The first-order chi connectivity index (χ1) is 12.2. The summed E-state index contributed by atoms with van der Waals surface area (Å²) in [4.78, 5) is 17.2. The minimum atomic E-state index is -0.346. The topological polar surface area (TPSA) is 88.5 Å². The fraction of sp³-hybridized carbons (Fsp3) is 0.111. The zero-order chi connectivity index (χ0) is 17.2. The summed E-state index contributed by atoms with van der Waals surface area (Å²) in [5, 5.41) is 13.7. The minimum Gasteiger partial charge on any atom is -0.338 e. The summed E-state index contributed by atoms with van der Waals surface area (Å²) in [5.74, 6) is 0.573. The lowest BCUT2D eigenvalue weighted by molar-refractivity contribution is 0.0941. The van der Waals surface area contributed by atoms with Gasteiger partial charge in [-0.1, -0.05) is 30.3 Å². The van der Waals surface area contributed by atoms with Crippen LogP contribution in [0.3, 0.4) is 0 Å². The SMILES string of the molecule is Cn1ccnc1[C@@H](NC(=O)c1ccc2n[nH]nc2c1)c1ccccc1. The van der Waals surface area contributed by atoms with Crippen molar-refractivity contribution in [3.05, 3.63) is 77.9 Å². The number of aryl methyl sites for hydroxylation is 1.